The number of hydrogen-bond acceptors (Lipinski definition) is 5. The van der Waals surface area contributed by atoms with Crippen LogP contribution in [0, 0.1) is 5.92 Å². The molecule has 0 aliphatic carbocycles. The molecule has 3 aromatic rings. The molecule has 3 N–H and O–H groups in total. The number of benzene rings is 3. The minimum atomic E-state index is -1.06. The van der Waals surface area contributed by atoms with E-state index in [0.717, 1.165) is 23.6 Å². The van der Waals surface area contributed by atoms with Gasteiger partial charge in [-0.1, -0.05) is 82.5 Å². The lowest BCUT2D eigenvalue weighted by Gasteiger charge is -2.36. The van der Waals surface area contributed by atoms with Crippen molar-refractivity contribution in [2.75, 3.05) is 11.9 Å². The minimum absolute atomic E-state index is 0.0117. The Morgan fingerprint density at radius 2 is 1.64 bits per heavy atom. The molecule has 3 rings (SSSR count). The Morgan fingerprint density at radius 3 is 2.29 bits per heavy atom. The zero-order valence-electron chi connectivity index (χ0n) is 25.6. The van der Waals surface area contributed by atoms with Gasteiger partial charge in [0.15, 0.2) is 0 Å². The number of amides is 3. The van der Waals surface area contributed by atoms with Crippen molar-refractivity contribution in [3.63, 3.8) is 0 Å². The SMILES string of the molecule is CCCCCN(C(=O)C(NC(=O)OC(C)(C)C)C(C)CC)C(C(=O)Nc1ccc2ccccc2c1)c1cccc(O)c1. The first-order valence-electron chi connectivity index (χ1n) is 14.8. The fraction of sp³-hybridized carbons (Fsp3) is 0.441. The molecule has 3 unspecified atom stereocenters. The molecule has 0 saturated heterocycles. The highest BCUT2D eigenvalue weighted by Gasteiger charge is 2.38. The Bertz CT molecular complexity index is 1370. The van der Waals surface area contributed by atoms with Crippen LogP contribution in [-0.4, -0.2) is 46.1 Å². The first-order valence-corrected chi connectivity index (χ1v) is 14.8. The van der Waals surface area contributed by atoms with E-state index in [9.17, 15) is 19.5 Å². The molecule has 0 aliphatic rings. The maximum absolute atomic E-state index is 14.4. The van der Waals surface area contributed by atoms with Gasteiger partial charge in [-0.3, -0.25) is 9.59 Å². The molecule has 0 radical (unpaired) electrons. The highest BCUT2D eigenvalue weighted by atomic mass is 16.6. The molecular weight excluding hydrogens is 530 g/mol. The summed E-state index contributed by atoms with van der Waals surface area (Å²) in [6, 6.07) is 17.9. The third kappa shape index (κ3) is 8.96. The molecule has 8 nitrogen and oxygen atoms in total. The molecule has 0 heterocycles. The Balaban J connectivity index is 2.04. The largest absolute Gasteiger partial charge is 0.508 e. The van der Waals surface area contributed by atoms with E-state index in [2.05, 4.69) is 17.6 Å². The van der Waals surface area contributed by atoms with Crippen LogP contribution in [0.5, 0.6) is 5.75 Å². The zero-order chi connectivity index (χ0) is 30.9. The highest BCUT2D eigenvalue weighted by molar-refractivity contribution is 6.00. The van der Waals surface area contributed by atoms with E-state index < -0.39 is 29.7 Å². The Kier molecular flexibility index (Phi) is 11.4. The second kappa shape index (κ2) is 14.7. The van der Waals surface area contributed by atoms with Crippen LogP contribution in [-0.2, 0) is 14.3 Å². The molecule has 42 heavy (non-hydrogen) atoms. The number of aromatic hydroxyl groups is 1. The van der Waals surface area contributed by atoms with Gasteiger partial charge < -0.3 is 25.4 Å². The summed E-state index contributed by atoms with van der Waals surface area (Å²) in [5.41, 5.74) is 0.325. The van der Waals surface area contributed by atoms with Gasteiger partial charge >= 0.3 is 6.09 Å². The number of phenolic OH excluding ortho intramolecular Hbond substituents is 1. The molecule has 3 aromatic carbocycles. The topological polar surface area (TPSA) is 108 Å². The predicted molar refractivity (Wildman–Crippen MR) is 167 cm³/mol. The zero-order valence-corrected chi connectivity index (χ0v) is 25.6. The Labute approximate surface area is 249 Å². The van der Waals surface area contributed by atoms with E-state index >= 15 is 0 Å². The van der Waals surface area contributed by atoms with Crippen LogP contribution in [0.1, 0.15) is 78.8 Å². The van der Waals surface area contributed by atoms with Crippen molar-refractivity contribution in [1.29, 1.82) is 0 Å². The van der Waals surface area contributed by atoms with Crippen molar-refractivity contribution in [3.8, 4) is 5.75 Å². The number of ether oxygens (including phenoxy) is 1. The number of nitrogens with zero attached hydrogens (tertiary/aromatic N) is 1. The second-order valence-corrected chi connectivity index (χ2v) is 11.8. The van der Waals surface area contributed by atoms with Gasteiger partial charge in [-0.25, -0.2) is 4.79 Å². The van der Waals surface area contributed by atoms with E-state index in [1.165, 1.54) is 17.0 Å². The van der Waals surface area contributed by atoms with Crippen LogP contribution in [0.2, 0.25) is 0 Å². The van der Waals surface area contributed by atoms with Crippen molar-refractivity contribution in [3.05, 3.63) is 72.3 Å². The third-order valence-electron chi connectivity index (χ3n) is 7.20. The van der Waals surface area contributed by atoms with Crippen LogP contribution in [0.3, 0.4) is 0 Å². The summed E-state index contributed by atoms with van der Waals surface area (Å²) < 4.78 is 5.48. The molecule has 0 aliphatic heterocycles. The summed E-state index contributed by atoms with van der Waals surface area (Å²) in [6.45, 7) is 11.5. The standard InChI is InChI=1S/C34H45N3O5/c1-7-9-12-20-37(32(40)29(23(3)8-2)36-33(41)42-34(4,5)6)30(26-16-13-17-28(38)22-26)31(39)35-27-19-18-24-14-10-11-15-25(24)21-27/h10-11,13-19,21-23,29-30,38H,7-9,12,20H2,1-6H3,(H,35,39)(H,36,41). The van der Waals surface area contributed by atoms with Crippen LogP contribution in [0.25, 0.3) is 10.8 Å². The van der Waals surface area contributed by atoms with Crippen LogP contribution in [0.15, 0.2) is 66.7 Å². The van der Waals surface area contributed by atoms with Gasteiger partial charge in [0.05, 0.1) is 0 Å². The van der Waals surface area contributed by atoms with Gasteiger partial charge in [-0.15, -0.1) is 0 Å². The number of nitrogens with one attached hydrogen (secondary N) is 2. The van der Waals surface area contributed by atoms with Gasteiger partial charge in [0.25, 0.3) is 5.91 Å². The normalized spacial score (nSPS) is 13.6. The number of anilines is 1. The first-order chi connectivity index (χ1) is 19.9. The average molecular weight is 576 g/mol. The van der Waals surface area contributed by atoms with Crippen molar-refractivity contribution in [2.24, 2.45) is 5.92 Å². The fourth-order valence-electron chi connectivity index (χ4n) is 4.84. The van der Waals surface area contributed by atoms with E-state index in [4.69, 9.17) is 4.74 Å². The Hall–Kier alpha value is -4.07. The first kappa shape index (κ1) is 32.4. The number of alkyl carbamates (subject to hydrolysis) is 1. The maximum atomic E-state index is 14.4. The smallest absolute Gasteiger partial charge is 0.408 e. The molecular formula is C34H45N3O5. The molecule has 0 spiro atoms. The number of rotatable bonds is 12. The number of hydrogen-bond donors (Lipinski definition) is 3. The molecule has 8 heteroatoms. The van der Waals surface area contributed by atoms with Crippen molar-refractivity contribution in [1.82, 2.24) is 10.2 Å². The molecule has 0 fully saturated rings. The summed E-state index contributed by atoms with van der Waals surface area (Å²) in [4.78, 5) is 42.9. The summed E-state index contributed by atoms with van der Waals surface area (Å²) in [5, 5.41) is 18.1. The number of unbranched alkanes of at least 4 members (excludes halogenated alkanes) is 2. The van der Waals surface area contributed by atoms with Crippen LogP contribution < -0.4 is 10.6 Å². The van der Waals surface area contributed by atoms with Gasteiger partial charge in [-0.05, 0) is 73.7 Å². The Morgan fingerprint density at radius 1 is 0.929 bits per heavy atom. The summed E-state index contributed by atoms with van der Waals surface area (Å²) >= 11 is 0. The average Bonchev–Trinajstić information content (AvgIpc) is 2.93. The third-order valence-corrected chi connectivity index (χ3v) is 7.20. The van der Waals surface area contributed by atoms with Gasteiger partial charge in [0.2, 0.25) is 5.91 Å². The van der Waals surface area contributed by atoms with E-state index in [0.29, 0.717) is 30.6 Å². The van der Waals surface area contributed by atoms with Gasteiger partial charge in [-0.2, -0.15) is 0 Å². The van der Waals surface area contributed by atoms with Crippen molar-refractivity contribution >= 4 is 34.4 Å². The van der Waals surface area contributed by atoms with Crippen LogP contribution in [0.4, 0.5) is 10.5 Å². The lowest BCUT2D eigenvalue weighted by Crippen LogP contribution is -2.55. The summed E-state index contributed by atoms with van der Waals surface area (Å²) in [7, 11) is 0. The monoisotopic (exact) mass is 575 g/mol. The molecule has 226 valence electrons. The predicted octanol–water partition coefficient (Wildman–Crippen LogP) is 7.18. The summed E-state index contributed by atoms with van der Waals surface area (Å²) in [5.74, 6) is -1.04. The van der Waals surface area contributed by atoms with E-state index in [1.807, 2.05) is 56.3 Å². The van der Waals surface area contributed by atoms with Crippen molar-refractivity contribution in [2.45, 2.75) is 84.9 Å². The molecule has 0 aromatic heterocycles. The van der Waals surface area contributed by atoms with E-state index in [1.54, 1.807) is 32.9 Å². The number of phenols is 1. The number of carbonyl (C=O) groups excluding carboxylic acids is 3. The van der Waals surface area contributed by atoms with Crippen LogP contribution >= 0.6 is 0 Å². The quantitative estimate of drug-likeness (QED) is 0.198. The number of carbonyl (C=O) groups is 3. The molecule has 3 atom stereocenters. The molecule has 0 bridgehead atoms. The maximum Gasteiger partial charge on any atom is 0.408 e. The van der Waals surface area contributed by atoms with Gasteiger partial charge in [0, 0.05) is 12.2 Å². The highest BCUT2D eigenvalue weighted by Crippen LogP contribution is 2.29. The second-order valence-electron chi connectivity index (χ2n) is 11.8. The van der Waals surface area contributed by atoms with E-state index in [-0.39, 0.29) is 17.6 Å². The lowest BCUT2D eigenvalue weighted by molar-refractivity contribution is -0.142. The number of fused-ring (bicyclic) bond motifs is 1. The minimum Gasteiger partial charge on any atom is -0.508 e. The summed E-state index contributed by atoms with van der Waals surface area (Å²) in [6.07, 6.45) is 2.38. The fourth-order valence-corrected chi connectivity index (χ4v) is 4.84. The van der Waals surface area contributed by atoms with Gasteiger partial charge in [0.1, 0.15) is 23.4 Å². The lowest BCUT2D eigenvalue weighted by atomic mass is 9.95. The molecule has 3 amide bonds. The molecule has 0 saturated carbocycles. The van der Waals surface area contributed by atoms with Crippen molar-refractivity contribution < 1.29 is 24.2 Å².